The van der Waals surface area contributed by atoms with Gasteiger partial charge in [-0.15, -0.1) is 0 Å². The zero-order valence-corrected chi connectivity index (χ0v) is 13.8. The van der Waals surface area contributed by atoms with Crippen LogP contribution < -0.4 is 11.5 Å². The lowest BCUT2D eigenvalue weighted by molar-refractivity contribution is 0.00578. The summed E-state index contributed by atoms with van der Waals surface area (Å²) in [5.74, 6) is 0.844. The lowest BCUT2D eigenvalue weighted by Gasteiger charge is -2.32. The van der Waals surface area contributed by atoms with Gasteiger partial charge in [0.15, 0.2) is 0 Å². The van der Waals surface area contributed by atoms with Crippen molar-refractivity contribution in [2.24, 2.45) is 0 Å². The number of rotatable bonds is 3. The molecule has 1 aromatic rings. The molecule has 1 fully saturated rings. The van der Waals surface area contributed by atoms with Crippen LogP contribution in [0, 0.1) is 0 Å². The molecule has 4 N–H and O–H groups in total. The van der Waals surface area contributed by atoms with E-state index in [0.29, 0.717) is 17.3 Å². The summed E-state index contributed by atoms with van der Waals surface area (Å²) >= 11 is 4.38. The SMILES string of the molecule is CC1(C)OB(C(=Cc2cnc(N)c(N)c2)CS)OC1(C)C. The Balaban J connectivity index is 2.28. The van der Waals surface area contributed by atoms with E-state index in [1.54, 1.807) is 12.3 Å². The van der Waals surface area contributed by atoms with E-state index in [2.05, 4.69) is 17.6 Å². The summed E-state index contributed by atoms with van der Waals surface area (Å²) in [5, 5.41) is 0. The van der Waals surface area contributed by atoms with Crippen LogP contribution >= 0.6 is 12.6 Å². The van der Waals surface area contributed by atoms with E-state index in [4.69, 9.17) is 20.8 Å². The molecule has 1 aliphatic heterocycles. The maximum atomic E-state index is 6.03. The van der Waals surface area contributed by atoms with Crippen molar-refractivity contribution in [2.75, 3.05) is 17.2 Å². The van der Waals surface area contributed by atoms with Gasteiger partial charge in [0.1, 0.15) is 5.82 Å². The van der Waals surface area contributed by atoms with Crippen LogP contribution in [0.15, 0.2) is 17.7 Å². The third-order valence-corrected chi connectivity index (χ3v) is 4.43. The molecule has 2 heterocycles. The Morgan fingerprint density at radius 2 is 1.86 bits per heavy atom. The van der Waals surface area contributed by atoms with E-state index in [9.17, 15) is 0 Å². The first-order valence-corrected chi connectivity index (χ1v) is 7.47. The molecule has 2 rings (SSSR count). The summed E-state index contributed by atoms with van der Waals surface area (Å²) in [6, 6.07) is 1.77. The van der Waals surface area contributed by atoms with E-state index >= 15 is 0 Å². The molecule has 0 saturated carbocycles. The van der Waals surface area contributed by atoms with Crippen LogP contribution in [0.4, 0.5) is 11.5 Å². The number of pyridine rings is 1. The summed E-state index contributed by atoms with van der Waals surface area (Å²) in [6.45, 7) is 8.08. The minimum Gasteiger partial charge on any atom is -0.400 e. The summed E-state index contributed by atoms with van der Waals surface area (Å²) in [7, 11) is -0.425. The van der Waals surface area contributed by atoms with Crippen molar-refractivity contribution in [2.45, 2.75) is 38.9 Å². The molecule has 1 aliphatic rings. The largest absolute Gasteiger partial charge is 0.491 e. The van der Waals surface area contributed by atoms with Crippen LogP contribution in [0.2, 0.25) is 0 Å². The summed E-state index contributed by atoms with van der Waals surface area (Å²) in [5.41, 5.74) is 12.9. The predicted molar refractivity (Wildman–Crippen MR) is 91.0 cm³/mol. The Morgan fingerprint density at radius 1 is 1.29 bits per heavy atom. The second-order valence-corrected chi connectivity index (χ2v) is 6.52. The molecule has 0 amide bonds. The van der Waals surface area contributed by atoms with E-state index in [-0.39, 0.29) is 11.2 Å². The molecule has 1 aromatic heterocycles. The predicted octanol–water partition coefficient (Wildman–Crippen LogP) is 2.19. The van der Waals surface area contributed by atoms with Crippen molar-refractivity contribution in [3.63, 3.8) is 0 Å². The third kappa shape index (κ3) is 3.20. The Hall–Kier alpha value is -1.18. The van der Waals surface area contributed by atoms with Gasteiger partial charge in [-0.25, -0.2) is 4.98 Å². The third-order valence-electron chi connectivity index (χ3n) is 4.06. The normalized spacial score (nSPS) is 20.8. The van der Waals surface area contributed by atoms with Crippen molar-refractivity contribution in [1.29, 1.82) is 0 Å². The molecule has 0 spiro atoms. The molecule has 0 radical (unpaired) electrons. The highest BCUT2D eigenvalue weighted by molar-refractivity contribution is 7.80. The van der Waals surface area contributed by atoms with Gasteiger partial charge in [-0.2, -0.15) is 12.6 Å². The summed E-state index contributed by atoms with van der Waals surface area (Å²) in [6.07, 6.45) is 3.60. The van der Waals surface area contributed by atoms with Crippen molar-refractivity contribution < 1.29 is 9.31 Å². The van der Waals surface area contributed by atoms with Crippen LogP contribution in [-0.2, 0) is 9.31 Å². The average molecular weight is 307 g/mol. The van der Waals surface area contributed by atoms with Gasteiger partial charge in [0.25, 0.3) is 0 Å². The molecule has 0 bridgehead atoms. The fourth-order valence-electron chi connectivity index (χ4n) is 1.99. The van der Waals surface area contributed by atoms with Gasteiger partial charge in [0.2, 0.25) is 0 Å². The highest BCUT2D eigenvalue weighted by atomic mass is 32.1. The molecule has 0 aliphatic carbocycles. The van der Waals surface area contributed by atoms with Gasteiger partial charge in [0.05, 0.1) is 16.9 Å². The van der Waals surface area contributed by atoms with Crippen LogP contribution in [-0.4, -0.2) is 29.1 Å². The number of nitrogens with two attached hydrogens (primary N) is 2. The quantitative estimate of drug-likeness (QED) is 0.589. The first-order chi connectivity index (χ1) is 9.66. The maximum Gasteiger partial charge on any atom is 0.491 e. The molecule has 114 valence electrons. The molecular formula is C14H22BN3O2S. The Bertz CT molecular complexity index is 559. The first-order valence-electron chi connectivity index (χ1n) is 6.84. The van der Waals surface area contributed by atoms with Crippen LogP contribution in [0.5, 0.6) is 0 Å². The lowest BCUT2D eigenvalue weighted by Crippen LogP contribution is -2.41. The van der Waals surface area contributed by atoms with Crippen molar-refractivity contribution in [3.05, 3.63) is 23.3 Å². The van der Waals surface area contributed by atoms with Gasteiger partial charge >= 0.3 is 7.12 Å². The Morgan fingerprint density at radius 3 is 2.33 bits per heavy atom. The fourth-order valence-corrected chi connectivity index (χ4v) is 2.23. The number of aromatic nitrogens is 1. The molecule has 1 saturated heterocycles. The molecule has 0 atom stereocenters. The van der Waals surface area contributed by atoms with E-state index in [0.717, 1.165) is 11.0 Å². The standard InChI is InChI=1S/C14H22BN3O2S/c1-13(2)14(3,4)20-15(19-13)10(8-21)5-9-6-11(16)12(17)18-7-9/h5-7,21H,8,16H2,1-4H3,(H2,17,18). The van der Waals surface area contributed by atoms with Crippen LogP contribution in [0.3, 0.4) is 0 Å². The van der Waals surface area contributed by atoms with E-state index in [1.165, 1.54) is 0 Å². The minimum atomic E-state index is -0.425. The smallest absolute Gasteiger partial charge is 0.400 e. The molecule has 5 nitrogen and oxygen atoms in total. The minimum absolute atomic E-state index is 0.329. The zero-order valence-electron chi connectivity index (χ0n) is 12.9. The van der Waals surface area contributed by atoms with Gasteiger partial charge in [-0.05, 0) is 44.8 Å². The number of thiol groups is 1. The first kappa shape index (κ1) is 16.2. The van der Waals surface area contributed by atoms with E-state index < -0.39 is 7.12 Å². The number of nitrogen functional groups attached to an aromatic ring is 2. The molecule has 0 unspecified atom stereocenters. The van der Waals surface area contributed by atoms with Crippen LogP contribution in [0.1, 0.15) is 33.3 Å². The van der Waals surface area contributed by atoms with Gasteiger partial charge in [-0.3, -0.25) is 0 Å². The number of hydrogen-bond donors (Lipinski definition) is 3. The topological polar surface area (TPSA) is 83.4 Å². The number of hydrogen-bond acceptors (Lipinski definition) is 6. The Labute approximate surface area is 131 Å². The van der Waals surface area contributed by atoms with Gasteiger partial charge < -0.3 is 20.8 Å². The molecule has 21 heavy (non-hydrogen) atoms. The highest BCUT2D eigenvalue weighted by Gasteiger charge is 2.52. The summed E-state index contributed by atoms with van der Waals surface area (Å²) in [4.78, 5) is 4.05. The van der Waals surface area contributed by atoms with Crippen molar-refractivity contribution in [1.82, 2.24) is 4.98 Å². The number of anilines is 2. The second kappa shape index (κ2) is 5.55. The second-order valence-electron chi connectivity index (χ2n) is 6.21. The van der Waals surface area contributed by atoms with Gasteiger partial charge in [-0.1, -0.05) is 6.08 Å². The maximum absolute atomic E-state index is 6.03. The van der Waals surface area contributed by atoms with E-state index in [1.807, 2.05) is 33.8 Å². The van der Waals surface area contributed by atoms with Crippen molar-refractivity contribution >= 4 is 37.3 Å². The highest BCUT2D eigenvalue weighted by Crippen LogP contribution is 2.39. The van der Waals surface area contributed by atoms with Crippen molar-refractivity contribution in [3.8, 4) is 0 Å². The lowest BCUT2D eigenvalue weighted by atomic mass is 9.78. The van der Waals surface area contributed by atoms with Gasteiger partial charge in [0, 0.05) is 11.9 Å². The Kier molecular flexibility index (Phi) is 4.28. The summed E-state index contributed by atoms with van der Waals surface area (Å²) < 4.78 is 12.1. The molecule has 7 heteroatoms. The number of nitrogens with zero attached hydrogens (tertiary/aromatic N) is 1. The monoisotopic (exact) mass is 307 g/mol. The van der Waals surface area contributed by atoms with Crippen LogP contribution in [0.25, 0.3) is 6.08 Å². The fraction of sp³-hybridized carbons (Fsp3) is 0.500. The average Bonchev–Trinajstić information content (AvgIpc) is 2.59. The zero-order chi connectivity index (χ0) is 15.8. The molecular weight excluding hydrogens is 285 g/mol. The molecule has 0 aromatic carbocycles.